The van der Waals surface area contributed by atoms with E-state index in [1.807, 2.05) is 59.3 Å². The number of hydrogen-bond acceptors (Lipinski definition) is 6. The smallest absolute Gasteiger partial charge is 0.198 e. The monoisotopic (exact) mass is 543 g/mol. The minimum absolute atomic E-state index is 0.0303. The Morgan fingerprint density at radius 1 is 1.03 bits per heavy atom. The first-order valence-corrected chi connectivity index (χ1v) is 13.0. The van der Waals surface area contributed by atoms with Crippen LogP contribution < -0.4 is 10.9 Å². The fourth-order valence-corrected chi connectivity index (χ4v) is 5.64. The average molecular weight is 544 g/mol. The summed E-state index contributed by atoms with van der Waals surface area (Å²) < 4.78 is 6.61. The number of nitrogens with one attached hydrogen (secondary N) is 2. The molecular weight excluding hydrogens is 518 g/mol. The lowest BCUT2D eigenvalue weighted by Crippen LogP contribution is -2.48. The summed E-state index contributed by atoms with van der Waals surface area (Å²) in [6, 6.07) is 26.3. The van der Waals surface area contributed by atoms with Gasteiger partial charge in [0.2, 0.25) is 0 Å². The fraction of sp³-hybridized carbons (Fsp3) is 0.250. The maximum absolute atomic E-state index is 13.4. The van der Waals surface area contributed by atoms with Crippen molar-refractivity contribution in [3.05, 3.63) is 102 Å². The fourth-order valence-electron chi connectivity index (χ4n) is 4.96. The molecule has 0 radical (unpaired) electrons. The first-order valence-electron chi connectivity index (χ1n) is 12.2. The Hall–Kier alpha value is -3.33. The van der Waals surface area contributed by atoms with Gasteiger partial charge in [-0.1, -0.05) is 76.6 Å². The van der Waals surface area contributed by atoms with Gasteiger partial charge < -0.3 is 10.2 Å². The minimum atomic E-state index is -1.07. The van der Waals surface area contributed by atoms with Crippen molar-refractivity contribution >= 4 is 27.4 Å². The van der Waals surface area contributed by atoms with Gasteiger partial charge in [-0.3, -0.25) is 4.79 Å². The van der Waals surface area contributed by atoms with E-state index in [9.17, 15) is 4.79 Å². The highest BCUT2D eigenvalue weighted by Gasteiger charge is 2.47. The molecule has 1 fully saturated rings. The van der Waals surface area contributed by atoms with E-state index >= 15 is 0 Å². The second-order valence-electron chi connectivity index (χ2n) is 9.16. The Morgan fingerprint density at radius 2 is 1.75 bits per heavy atom. The van der Waals surface area contributed by atoms with Gasteiger partial charge in [0.1, 0.15) is 18.5 Å². The number of aromatic nitrogens is 3. The number of hydrogen-bond donors (Lipinski definition) is 2. The number of alkyl halides is 1. The predicted octanol–water partition coefficient (Wildman–Crippen LogP) is 5.20. The van der Waals surface area contributed by atoms with Crippen molar-refractivity contribution in [2.45, 2.75) is 35.9 Å². The first kappa shape index (κ1) is 23.1. The largest absolute Gasteiger partial charge is 0.370 e. The van der Waals surface area contributed by atoms with E-state index in [0.29, 0.717) is 12.4 Å². The van der Waals surface area contributed by atoms with E-state index in [2.05, 4.69) is 56.0 Å². The first-order chi connectivity index (χ1) is 17.6. The summed E-state index contributed by atoms with van der Waals surface area (Å²) >= 11 is 3.69. The summed E-state index contributed by atoms with van der Waals surface area (Å²) in [5.41, 5.74) is 11.0. The van der Waals surface area contributed by atoms with Crippen LogP contribution in [0.25, 0.3) is 11.4 Å². The van der Waals surface area contributed by atoms with Crippen LogP contribution in [-0.2, 0) is 14.0 Å². The number of benzene rings is 3. The van der Waals surface area contributed by atoms with Crippen molar-refractivity contribution in [2.75, 3.05) is 12.0 Å². The standard InChI is InChI=1S/C28H26BrN5O2/c29-28(26(35)24-13-7-8-16-36-24)22-17-21(14-15-23(22)31-33-28)27-30-18-34(32-27)25(19-9-3-1-4-10-19)20-11-5-2-6-12-20/h1-6,9-12,14-15,17-18,24-25,31,33H,7-8,13,16H2. The predicted molar refractivity (Wildman–Crippen MR) is 142 cm³/mol. The van der Waals surface area contributed by atoms with Gasteiger partial charge in [-0.25, -0.2) is 15.1 Å². The zero-order valence-corrected chi connectivity index (χ0v) is 21.2. The Balaban J connectivity index is 1.35. The van der Waals surface area contributed by atoms with Crippen molar-refractivity contribution in [1.82, 2.24) is 20.2 Å². The van der Waals surface area contributed by atoms with Gasteiger partial charge in [-0.2, -0.15) is 5.10 Å². The molecule has 1 aromatic heterocycles. The number of rotatable bonds is 6. The van der Waals surface area contributed by atoms with E-state index in [1.54, 1.807) is 6.33 Å². The number of ether oxygens (including phenoxy) is 1. The van der Waals surface area contributed by atoms with Crippen LogP contribution >= 0.6 is 15.9 Å². The molecule has 2 aliphatic heterocycles. The van der Waals surface area contributed by atoms with E-state index < -0.39 is 10.6 Å². The number of Topliss-reactive ketones (excluding diaryl/α,β-unsaturated/α-hetero) is 1. The number of carbonyl (C=O) groups excluding carboxylic acids is 1. The van der Waals surface area contributed by atoms with E-state index in [-0.39, 0.29) is 11.8 Å². The maximum atomic E-state index is 13.4. The van der Waals surface area contributed by atoms with Crippen LogP contribution in [0.3, 0.4) is 0 Å². The lowest BCUT2D eigenvalue weighted by molar-refractivity contribution is -0.136. The van der Waals surface area contributed by atoms with E-state index in [1.165, 1.54) is 0 Å². The van der Waals surface area contributed by atoms with Gasteiger partial charge in [-0.05, 0) is 48.6 Å². The molecule has 0 bridgehead atoms. The number of hydrazine groups is 1. The van der Waals surface area contributed by atoms with Crippen molar-refractivity contribution in [3.8, 4) is 11.4 Å². The molecule has 0 spiro atoms. The number of carbonyl (C=O) groups is 1. The lowest BCUT2D eigenvalue weighted by atomic mass is 9.94. The molecule has 182 valence electrons. The minimum Gasteiger partial charge on any atom is -0.370 e. The van der Waals surface area contributed by atoms with Crippen molar-refractivity contribution in [3.63, 3.8) is 0 Å². The highest BCUT2D eigenvalue weighted by atomic mass is 79.9. The Labute approximate surface area is 218 Å². The number of halogens is 1. The zero-order chi connectivity index (χ0) is 24.5. The SMILES string of the molecule is O=C(C1CCCCO1)C1(Br)NNc2ccc(-c3ncn(C(c4ccccc4)c4ccccc4)n3)cc21. The van der Waals surface area contributed by atoms with Crippen molar-refractivity contribution < 1.29 is 9.53 Å². The Bertz CT molecular complexity index is 1330. The topological polar surface area (TPSA) is 81.1 Å². The molecule has 2 unspecified atom stereocenters. The normalized spacial score (nSPS) is 21.2. The Kier molecular flexibility index (Phi) is 6.17. The average Bonchev–Trinajstić information content (AvgIpc) is 3.56. The van der Waals surface area contributed by atoms with E-state index in [4.69, 9.17) is 9.84 Å². The van der Waals surface area contributed by atoms with Crippen molar-refractivity contribution in [2.24, 2.45) is 0 Å². The zero-order valence-electron chi connectivity index (χ0n) is 19.6. The molecule has 8 heteroatoms. The van der Waals surface area contributed by atoms with Crippen LogP contribution in [-0.4, -0.2) is 33.3 Å². The summed E-state index contributed by atoms with van der Waals surface area (Å²) in [5.74, 6) is 0.565. The summed E-state index contributed by atoms with van der Waals surface area (Å²) in [6.45, 7) is 0.616. The molecule has 2 aliphatic rings. The molecule has 3 aromatic carbocycles. The molecule has 0 amide bonds. The van der Waals surface area contributed by atoms with Crippen LogP contribution in [0.4, 0.5) is 5.69 Å². The van der Waals surface area contributed by atoms with Gasteiger partial charge in [0.05, 0.1) is 5.69 Å². The van der Waals surface area contributed by atoms with Gasteiger partial charge in [0, 0.05) is 17.7 Å². The van der Waals surface area contributed by atoms with Crippen LogP contribution in [0.1, 0.15) is 42.0 Å². The molecule has 0 saturated carbocycles. The molecule has 2 atom stereocenters. The quantitative estimate of drug-likeness (QED) is 0.257. The molecule has 2 N–H and O–H groups in total. The molecule has 6 rings (SSSR count). The molecule has 4 aromatic rings. The van der Waals surface area contributed by atoms with Crippen LogP contribution in [0.5, 0.6) is 0 Å². The second kappa shape index (κ2) is 9.61. The third kappa shape index (κ3) is 4.15. The Morgan fingerprint density at radius 3 is 2.42 bits per heavy atom. The number of fused-ring (bicyclic) bond motifs is 1. The van der Waals surface area contributed by atoms with Gasteiger partial charge in [0.25, 0.3) is 0 Å². The highest BCUT2D eigenvalue weighted by molar-refractivity contribution is 9.10. The summed E-state index contributed by atoms with van der Waals surface area (Å²) in [4.78, 5) is 18.1. The molecule has 3 heterocycles. The van der Waals surface area contributed by atoms with Gasteiger partial charge >= 0.3 is 0 Å². The van der Waals surface area contributed by atoms with Crippen LogP contribution in [0.2, 0.25) is 0 Å². The highest BCUT2D eigenvalue weighted by Crippen LogP contribution is 2.42. The van der Waals surface area contributed by atoms with Crippen LogP contribution in [0, 0.1) is 0 Å². The third-order valence-electron chi connectivity index (χ3n) is 6.83. The van der Waals surface area contributed by atoms with Crippen molar-refractivity contribution in [1.29, 1.82) is 0 Å². The summed E-state index contributed by atoms with van der Waals surface area (Å²) in [5, 5.41) is 4.88. The van der Waals surface area contributed by atoms with E-state index in [0.717, 1.165) is 47.2 Å². The number of anilines is 1. The number of ketones is 1. The maximum Gasteiger partial charge on any atom is 0.198 e. The summed E-state index contributed by atoms with van der Waals surface area (Å²) in [7, 11) is 0. The molecule has 1 saturated heterocycles. The lowest BCUT2D eigenvalue weighted by Gasteiger charge is -2.29. The summed E-state index contributed by atoms with van der Waals surface area (Å²) in [6.07, 6.45) is 4.05. The molecular formula is C28H26BrN5O2. The third-order valence-corrected chi connectivity index (χ3v) is 7.85. The molecule has 36 heavy (non-hydrogen) atoms. The molecule has 7 nitrogen and oxygen atoms in total. The van der Waals surface area contributed by atoms with Crippen LogP contribution in [0.15, 0.2) is 85.2 Å². The second-order valence-corrected chi connectivity index (χ2v) is 10.3. The number of nitrogens with zero attached hydrogens (tertiary/aromatic N) is 3. The molecule has 0 aliphatic carbocycles. The van der Waals surface area contributed by atoms with Gasteiger partial charge in [0.15, 0.2) is 16.1 Å². The van der Waals surface area contributed by atoms with Gasteiger partial charge in [-0.15, -0.1) is 0 Å².